The van der Waals surface area contributed by atoms with Crippen LogP contribution in [-0.4, -0.2) is 30.1 Å². The first-order valence-corrected chi connectivity index (χ1v) is 6.68. The van der Waals surface area contributed by atoms with Crippen molar-refractivity contribution in [2.75, 3.05) is 13.2 Å². The Morgan fingerprint density at radius 3 is 2.67 bits per heavy atom. The van der Waals surface area contributed by atoms with Crippen LogP contribution in [0.15, 0.2) is 36.9 Å². The molecule has 0 aliphatic carbocycles. The van der Waals surface area contributed by atoms with Crippen molar-refractivity contribution in [1.82, 2.24) is 5.32 Å². The molecule has 0 spiro atoms. The minimum absolute atomic E-state index is 0.159. The molecule has 0 atom stereocenters. The molecule has 0 aliphatic rings. The Morgan fingerprint density at radius 2 is 2.05 bits per heavy atom. The van der Waals surface area contributed by atoms with Crippen molar-refractivity contribution < 1.29 is 19.4 Å². The number of carboxylic acids is 1. The number of nitrogens with one attached hydrogen (secondary N) is 1. The summed E-state index contributed by atoms with van der Waals surface area (Å²) in [7, 11) is 0. The molecule has 1 amide bonds. The van der Waals surface area contributed by atoms with Gasteiger partial charge in [0.1, 0.15) is 18.9 Å². The van der Waals surface area contributed by atoms with Crippen LogP contribution in [-0.2, 0) is 16.0 Å². The Balaban J connectivity index is 2.66. The molecule has 0 aromatic heterocycles. The van der Waals surface area contributed by atoms with Gasteiger partial charge in [0.15, 0.2) is 0 Å². The lowest BCUT2D eigenvalue weighted by atomic mass is 9.93. The smallest absolute Gasteiger partial charge is 0.322 e. The summed E-state index contributed by atoms with van der Waals surface area (Å²) in [6, 6.07) is 7.55. The Morgan fingerprint density at radius 1 is 1.38 bits per heavy atom. The molecule has 0 bridgehead atoms. The van der Waals surface area contributed by atoms with Crippen LogP contribution in [0.1, 0.15) is 19.4 Å². The van der Waals surface area contributed by atoms with Gasteiger partial charge in [0.05, 0.1) is 5.41 Å². The van der Waals surface area contributed by atoms with Gasteiger partial charge in [-0.3, -0.25) is 9.59 Å². The van der Waals surface area contributed by atoms with E-state index in [-0.39, 0.29) is 12.5 Å². The number of para-hydroxylation sites is 1. The van der Waals surface area contributed by atoms with Crippen LogP contribution >= 0.6 is 0 Å². The fraction of sp³-hybridized carbons (Fsp3) is 0.375. The maximum absolute atomic E-state index is 11.9. The van der Waals surface area contributed by atoms with E-state index < -0.39 is 17.9 Å². The minimum Gasteiger partial charge on any atom is -0.492 e. The van der Waals surface area contributed by atoms with E-state index in [1.54, 1.807) is 19.9 Å². The summed E-state index contributed by atoms with van der Waals surface area (Å²) >= 11 is 0. The van der Waals surface area contributed by atoms with Gasteiger partial charge in [-0.25, -0.2) is 0 Å². The van der Waals surface area contributed by atoms with Gasteiger partial charge in [0, 0.05) is 0 Å². The van der Waals surface area contributed by atoms with Crippen LogP contribution < -0.4 is 10.1 Å². The molecule has 0 heterocycles. The van der Waals surface area contributed by atoms with Crippen molar-refractivity contribution in [1.29, 1.82) is 0 Å². The highest BCUT2D eigenvalue weighted by Crippen LogP contribution is 2.23. The van der Waals surface area contributed by atoms with Gasteiger partial charge in [-0.05, 0) is 31.9 Å². The molecule has 2 N–H and O–H groups in total. The highest BCUT2D eigenvalue weighted by molar-refractivity contribution is 5.85. The number of carbonyl (C=O) groups excluding carboxylic acids is 1. The number of hydrogen-bond donors (Lipinski definition) is 2. The number of benzene rings is 1. The van der Waals surface area contributed by atoms with Crippen molar-refractivity contribution in [3.63, 3.8) is 0 Å². The van der Waals surface area contributed by atoms with Crippen LogP contribution in [0.2, 0.25) is 0 Å². The number of allylic oxidation sites excluding steroid dienone is 1. The first-order valence-electron chi connectivity index (χ1n) is 6.68. The number of amides is 1. The minimum atomic E-state index is -1.07. The molecule has 0 saturated carbocycles. The second kappa shape index (κ2) is 7.47. The molecule has 5 heteroatoms. The van der Waals surface area contributed by atoms with E-state index >= 15 is 0 Å². The summed E-state index contributed by atoms with van der Waals surface area (Å²) in [5, 5.41) is 10.9. The van der Waals surface area contributed by atoms with E-state index in [1.807, 2.05) is 24.3 Å². The predicted molar refractivity (Wildman–Crippen MR) is 80.3 cm³/mol. The van der Waals surface area contributed by atoms with Gasteiger partial charge in [-0.1, -0.05) is 24.3 Å². The quantitative estimate of drug-likeness (QED) is 0.719. The zero-order valence-electron chi connectivity index (χ0n) is 12.4. The van der Waals surface area contributed by atoms with E-state index in [0.29, 0.717) is 12.2 Å². The Bertz CT molecular complexity index is 523. The fourth-order valence-electron chi connectivity index (χ4n) is 1.69. The molecule has 0 fully saturated rings. The molecular formula is C16H21NO4. The molecule has 0 aliphatic heterocycles. The largest absolute Gasteiger partial charge is 0.492 e. The maximum Gasteiger partial charge on any atom is 0.322 e. The van der Waals surface area contributed by atoms with E-state index in [2.05, 4.69) is 11.9 Å². The first-order chi connectivity index (χ1) is 9.86. The molecular weight excluding hydrogens is 270 g/mol. The van der Waals surface area contributed by atoms with E-state index in [4.69, 9.17) is 9.84 Å². The molecule has 114 valence electrons. The lowest BCUT2D eigenvalue weighted by Gasteiger charge is -2.24. The molecule has 21 heavy (non-hydrogen) atoms. The predicted octanol–water partition coefficient (Wildman–Crippen LogP) is 2.02. The van der Waals surface area contributed by atoms with Crippen molar-refractivity contribution in [3.05, 3.63) is 42.5 Å². The highest BCUT2D eigenvalue weighted by atomic mass is 16.5. The average molecular weight is 291 g/mol. The van der Waals surface area contributed by atoms with Gasteiger partial charge in [-0.2, -0.15) is 0 Å². The lowest BCUT2D eigenvalue weighted by molar-refractivity contribution is -0.140. The van der Waals surface area contributed by atoms with E-state index in [0.717, 1.165) is 5.56 Å². The number of hydrogen-bond acceptors (Lipinski definition) is 3. The third-order valence-corrected chi connectivity index (χ3v) is 2.94. The van der Waals surface area contributed by atoms with Crippen LogP contribution in [0.5, 0.6) is 5.75 Å². The highest BCUT2D eigenvalue weighted by Gasteiger charge is 2.29. The molecule has 1 aromatic carbocycles. The monoisotopic (exact) mass is 291 g/mol. The number of rotatable bonds is 8. The average Bonchev–Trinajstić information content (AvgIpc) is 2.44. The van der Waals surface area contributed by atoms with E-state index in [1.165, 1.54) is 0 Å². The van der Waals surface area contributed by atoms with Gasteiger partial charge < -0.3 is 15.2 Å². The fourth-order valence-corrected chi connectivity index (χ4v) is 1.69. The number of carbonyl (C=O) groups is 2. The van der Waals surface area contributed by atoms with Gasteiger partial charge >= 0.3 is 5.97 Å². The van der Waals surface area contributed by atoms with Crippen molar-refractivity contribution in [3.8, 4) is 5.75 Å². The van der Waals surface area contributed by atoms with Crippen LogP contribution in [0, 0.1) is 5.41 Å². The summed E-state index contributed by atoms with van der Waals surface area (Å²) < 4.78 is 5.73. The van der Waals surface area contributed by atoms with Crippen LogP contribution in [0.4, 0.5) is 0 Å². The van der Waals surface area contributed by atoms with Crippen LogP contribution in [0.25, 0.3) is 0 Å². The third-order valence-electron chi connectivity index (χ3n) is 2.94. The molecule has 0 saturated heterocycles. The Hall–Kier alpha value is -2.30. The van der Waals surface area contributed by atoms with Gasteiger partial charge in [-0.15, -0.1) is 6.58 Å². The topological polar surface area (TPSA) is 75.6 Å². The number of ether oxygens (including phenoxy) is 1. The summed E-state index contributed by atoms with van der Waals surface area (Å²) in [4.78, 5) is 22.4. The van der Waals surface area contributed by atoms with E-state index in [9.17, 15) is 9.59 Å². The summed E-state index contributed by atoms with van der Waals surface area (Å²) in [6.07, 6.45) is 2.47. The normalized spacial score (nSPS) is 10.8. The van der Waals surface area contributed by atoms with Crippen LogP contribution in [0.3, 0.4) is 0 Å². The molecule has 0 unspecified atom stereocenters. The Labute approximate surface area is 124 Å². The van der Waals surface area contributed by atoms with Crippen molar-refractivity contribution in [2.45, 2.75) is 20.3 Å². The molecule has 1 rings (SSSR count). The van der Waals surface area contributed by atoms with Crippen molar-refractivity contribution in [2.24, 2.45) is 5.41 Å². The van der Waals surface area contributed by atoms with Crippen molar-refractivity contribution >= 4 is 11.9 Å². The first kappa shape index (κ1) is 16.8. The summed E-state index contributed by atoms with van der Waals surface area (Å²) in [5.74, 6) is -0.723. The molecule has 5 nitrogen and oxygen atoms in total. The lowest BCUT2D eigenvalue weighted by Crippen LogP contribution is -2.42. The van der Waals surface area contributed by atoms with Gasteiger partial charge in [0.25, 0.3) is 0 Å². The second-order valence-electron chi connectivity index (χ2n) is 5.35. The SMILES string of the molecule is C=CCc1ccccc1OCC(C)(C)C(=O)NCC(=O)O. The summed E-state index contributed by atoms with van der Waals surface area (Å²) in [5.41, 5.74) is 0.172. The zero-order valence-corrected chi connectivity index (χ0v) is 12.4. The summed E-state index contributed by atoms with van der Waals surface area (Å²) in [6.45, 7) is 6.88. The van der Waals surface area contributed by atoms with Gasteiger partial charge in [0.2, 0.25) is 5.91 Å². The number of carboxylic acid groups (broad SMARTS) is 1. The third kappa shape index (κ3) is 5.30. The molecule has 0 radical (unpaired) electrons. The zero-order chi connectivity index (χ0) is 15.9. The second-order valence-corrected chi connectivity index (χ2v) is 5.35. The Kier molecular flexibility index (Phi) is 5.96. The molecule has 1 aromatic rings. The maximum atomic E-state index is 11.9. The standard InChI is InChI=1S/C16H21NO4/c1-4-7-12-8-5-6-9-13(12)21-11-16(2,3)15(20)17-10-14(18)19/h4-6,8-9H,1,7,10-11H2,2-3H3,(H,17,20)(H,18,19). The number of aliphatic carboxylic acids is 1.